The fraction of sp³-hybridized carbons (Fsp3) is 0. The first kappa shape index (κ1) is 67.7. The third-order valence-electron chi connectivity index (χ3n) is 22.9. The molecule has 23 rings (SSSR count). The smallest absolute Gasteiger partial charge is 0.344 e. The summed E-state index contributed by atoms with van der Waals surface area (Å²) >= 11 is 0. The Morgan fingerprint density at radius 3 is 0.852 bits per heavy atom. The minimum absolute atomic E-state index is 0.303. The second-order valence-corrected chi connectivity index (χ2v) is 29.5. The van der Waals surface area contributed by atoms with E-state index in [9.17, 15) is 14.4 Å². The number of para-hydroxylation sites is 2. The Morgan fingerprint density at radius 1 is 0.130 bits per heavy atom. The van der Waals surface area contributed by atoms with Gasteiger partial charge in [-0.05, 0) is 242 Å². The number of hydrogen-bond acceptors (Lipinski definition) is 6. The largest absolute Gasteiger partial charge is 0.422 e. The van der Waals surface area contributed by atoms with Gasteiger partial charge in [-0.15, -0.1) is 0 Å². The van der Waals surface area contributed by atoms with Crippen LogP contribution in [0.3, 0.4) is 0 Å². The molecule has 6 heteroatoms. The average Bonchev–Trinajstić information content (AvgIpc) is 1.36. The maximum absolute atomic E-state index is 13.5. The first-order valence-electron chi connectivity index (χ1n) is 38.7. The lowest BCUT2D eigenvalue weighted by molar-refractivity contribution is 0.569. The quantitative estimate of drug-likeness (QED) is 0.0897. The van der Waals surface area contributed by atoms with Gasteiger partial charge in [-0.1, -0.05) is 328 Å². The van der Waals surface area contributed by atoms with Crippen LogP contribution in [0.25, 0.3) is 219 Å². The molecule has 0 N–H and O–H groups in total. The van der Waals surface area contributed by atoms with E-state index in [2.05, 4.69) is 303 Å². The molecule has 115 heavy (non-hydrogen) atoms. The summed E-state index contributed by atoms with van der Waals surface area (Å²) in [6.45, 7) is 0. The summed E-state index contributed by atoms with van der Waals surface area (Å²) in [6, 6.07) is 138. The number of benzene rings is 20. The van der Waals surface area contributed by atoms with Crippen LogP contribution in [0.4, 0.5) is 0 Å². The van der Waals surface area contributed by atoms with Crippen molar-refractivity contribution in [3.63, 3.8) is 0 Å². The zero-order valence-corrected chi connectivity index (χ0v) is 62.1. The van der Waals surface area contributed by atoms with Crippen molar-refractivity contribution < 1.29 is 13.3 Å². The van der Waals surface area contributed by atoms with Crippen LogP contribution in [0.15, 0.2) is 428 Å². The van der Waals surface area contributed by atoms with Gasteiger partial charge < -0.3 is 13.3 Å². The summed E-state index contributed by atoms with van der Waals surface area (Å²) in [7, 11) is 0. The monoisotopic (exact) mass is 1470 g/mol. The normalized spacial score (nSPS) is 11.6. The van der Waals surface area contributed by atoms with E-state index in [0.29, 0.717) is 32.9 Å². The number of rotatable bonds is 7. The molecule has 0 spiro atoms. The third-order valence-corrected chi connectivity index (χ3v) is 22.9. The van der Waals surface area contributed by atoms with Gasteiger partial charge in [0, 0.05) is 16.2 Å². The lowest BCUT2D eigenvalue weighted by Gasteiger charge is -2.18. The number of fused-ring (bicyclic) bond motifs is 20. The van der Waals surface area contributed by atoms with Gasteiger partial charge >= 0.3 is 16.9 Å². The fourth-order valence-electron chi connectivity index (χ4n) is 17.4. The van der Waals surface area contributed by atoms with Gasteiger partial charge in [0.25, 0.3) is 0 Å². The summed E-state index contributed by atoms with van der Waals surface area (Å²) in [4.78, 5) is 39.2. The zero-order valence-electron chi connectivity index (χ0n) is 62.1. The molecule has 0 unspecified atom stereocenters. The van der Waals surface area contributed by atoms with Gasteiger partial charge in [0.15, 0.2) is 0 Å². The van der Waals surface area contributed by atoms with Crippen LogP contribution in [0.2, 0.25) is 0 Å². The molecule has 0 aliphatic heterocycles. The molecule has 3 heterocycles. The third kappa shape index (κ3) is 12.0. The molecule has 23 aromatic rings. The van der Waals surface area contributed by atoms with Crippen LogP contribution in [0.1, 0.15) is 0 Å². The van der Waals surface area contributed by atoms with Crippen LogP contribution < -0.4 is 16.9 Å². The van der Waals surface area contributed by atoms with Crippen molar-refractivity contribution in [1.29, 1.82) is 0 Å². The highest BCUT2D eigenvalue weighted by atomic mass is 16.4. The van der Waals surface area contributed by atoms with E-state index in [0.717, 1.165) is 110 Å². The second-order valence-electron chi connectivity index (χ2n) is 29.5. The highest BCUT2D eigenvalue weighted by Gasteiger charge is 2.21. The minimum atomic E-state index is -0.333. The van der Waals surface area contributed by atoms with E-state index in [1.165, 1.54) is 75.8 Å². The standard InChI is InChI=1S/C45H28O2.C33H20O2.C31H18O2/c46-45-43-27-34(33-18-17-32-16-15-31-13-7-8-14-39(31)42(32)26-33)19-21-40(43)41-22-20-35(28-44(41)47-45)38-24-36(29-9-3-1-4-10-29)23-37(25-38)30-11-5-2-6-12-30;34-33-29-20-22(18-19-23(29)24-12-8-9-17-30(24)35-33)32-27-15-6-4-13-25(27)31(21-10-2-1-3-11-21)26-14-5-7-16-28(26)32;32-31-29-18-20(14-16-26(29)27-11-5-6-12-30(27)33-31)19-13-15-25-23-9-2-1-7-21(23)22-8-3-4-10-24(22)28(25)17-19/h1-28H;1-20H;1-18H. The molecule has 0 atom stereocenters. The Balaban J connectivity index is 0.000000110. The van der Waals surface area contributed by atoms with Crippen molar-refractivity contribution >= 4 is 141 Å². The molecule has 0 saturated heterocycles. The molecule has 0 amide bonds. The first-order valence-corrected chi connectivity index (χ1v) is 38.7. The Morgan fingerprint density at radius 2 is 0.391 bits per heavy atom. The van der Waals surface area contributed by atoms with E-state index in [1.807, 2.05) is 97.1 Å². The van der Waals surface area contributed by atoms with Crippen molar-refractivity contribution in [2.75, 3.05) is 0 Å². The van der Waals surface area contributed by atoms with Crippen molar-refractivity contribution in [1.82, 2.24) is 0 Å². The maximum Gasteiger partial charge on any atom is 0.344 e. The summed E-state index contributed by atoms with van der Waals surface area (Å²) in [5.41, 5.74) is 16.2. The fourth-order valence-corrected chi connectivity index (χ4v) is 17.4. The molecular weight excluding hydrogens is 1410 g/mol. The second kappa shape index (κ2) is 28.2. The molecule has 6 nitrogen and oxygen atoms in total. The molecule has 0 radical (unpaired) electrons. The van der Waals surface area contributed by atoms with E-state index in [-0.39, 0.29) is 16.9 Å². The topological polar surface area (TPSA) is 90.6 Å². The van der Waals surface area contributed by atoms with E-state index in [1.54, 1.807) is 0 Å². The van der Waals surface area contributed by atoms with Gasteiger partial charge in [0.1, 0.15) is 16.7 Å². The van der Waals surface area contributed by atoms with Crippen molar-refractivity contribution in [3.05, 3.63) is 432 Å². The van der Waals surface area contributed by atoms with E-state index in [4.69, 9.17) is 13.3 Å². The van der Waals surface area contributed by atoms with Gasteiger partial charge in [-0.2, -0.15) is 0 Å². The maximum atomic E-state index is 13.5. The lowest BCUT2D eigenvalue weighted by atomic mass is 9.85. The van der Waals surface area contributed by atoms with Gasteiger partial charge in [0.2, 0.25) is 0 Å². The summed E-state index contributed by atoms with van der Waals surface area (Å²) in [6.07, 6.45) is 0. The van der Waals surface area contributed by atoms with Gasteiger partial charge in [-0.25, -0.2) is 14.4 Å². The summed E-state index contributed by atoms with van der Waals surface area (Å²) < 4.78 is 17.3. The molecule has 0 fully saturated rings. The minimum Gasteiger partial charge on any atom is -0.422 e. The molecule has 0 saturated carbocycles. The average molecular weight is 1470 g/mol. The Kier molecular flexibility index (Phi) is 16.6. The van der Waals surface area contributed by atoms with Gasteiger partial charge in [-0.3, -0.25) is 0 Å². The van der Waals surface area contributed by atoms with E-state index >= 15 is 0 Å². The van der Waals surface area contributed by atoms with Crippen LogP contribution in [-0.4, -0.2) is 0 Å². The van der Waals surface area contributed by atoms with Crippen LogP contribution in [0, 0.1) is 0 Å². The Hall–Kier alpha value is -15.4. The summed E-state index contributed by atoms with van der Waals surface area (Å²) in [5.74, 6) is 0. The number of hydrogen-bond donors (Lipinski definition) is 0. The zero-order chi connectivity index (χ0) is 76.6. The van der Waals surface area contributed by atoms with Crippen molar-refractivity contribution in [3.8, 4) is 77.9 Å². The molecule has 20 aromatic carbocycles. The molecular formula is C109H66O6. The van der Waals surface area contributed by atoms with E-state index < -0.39 is 0 Å². The molecule has 3 aromatic heterocycles. The molecule has 0 aliphatic carbocycles. The Labute approximate surface area is 659 Å². The first-order chi connectivity index (χ1) is 56.7. The predicted molar refractivity (Wildman–Crippen MR) is 481 cm³/mol. The SMILES string of the molecule is O=c1oc2cc(-c3cc(-c4ccccc4)cc(-c4ccccc4)c3)ccc2c2ccc(-c3ccc4ccc5ccccc5c4c3)cc12.O=c1oc2ccccc2c2ccc(-c3c4ccccc4c(-c4ccccc4)c4ccccc34)cc12.O=c1oc2ccccc2c2ccc(-c3ccc4c5ccccc5c5ccccc5c4c3)cc12. The van der Waals surface area contributed by atoms with Gasteiger partial charge in [0.05, 0.1) is 16.2 Å². The van der Waals surface area contributed by atoms with Crippen LogP contribution in [-0.2, 0) is 0 Å². The molecule has 538 valence electrons. The summed E-state index contributed by atoms with van der Waals surface area (Å²) in [5, 5.41) is 24.3. The highest BCUT2D eigenvalue weighted by Crippen LogP contribution is 2.46. The van der Waals surface area contributed by atoms with Crippen molar-refractivity contribution in [2.45, 2.75) is 0 Å². The van der Waals surface area contributed by atoms with Crippen LogP contribution in [0.5, 0.6) is 0 Å². The Bertz CT molecular complexity index is 7950. The highest BCUT2D eigenvalue weighted by molar-refractivity contribution is 6.26. The molecule has 0 aliphatic rings. The lowest BCUT2D eigenvalue weighted by Crippen LogP contribution is -2.00. The molecule has 0 bridgehead atoms. The predicted octanol–water partition coefficient (Wildman–Crippen LogP) is 28.6. The van der Waals surface area contributed by atoms with Crippen LogP contribution >= 0.6 is 0 Å². The van der Waals surface area contributed by atoms with Crippen molar-refractivity contribution in [2.24, 2.45) is 0 Å².